The first-order valence-electron chi connectivity index (χ1n) is 12.6. The van der Waals surface area contributed by atoms with Crippen molar-refractivity contribution in [2.75, 3.05) is 0 Å². The van der Waals surface area contributed by atoms with Crippen molar-refractivity contribution in [2.45, 2.75) is 104 Å². The monoisotopic (exact) mass is 660 g/mol. The first-order valence-corrected chi connectivity index (χ1v) is 12.6. The topological polar surface area (TPSA) is 30.7 Å². The van der Waals surface area contributed by atoms with E-state index in [1.165, 1.54) is 5.56 Å². The molecule has 35 heavy (non-hydrogen) atoms. The SMILES string of the molecule is C.CC.CC.CC.CC(C)C.CC(C)C.Cc1[c-]cccc1.Cc1ccnn1-c1ccccn1.[HH].[HH].[W]. The molecule has 0 fully saturated rings. The van der Waals surface area contributed by atoms with Gasteiger partial charge in [0.05, 0.1) is 0 Å². The van der Waals surface area contributed by atoms with Crippen LogP contribution in [0.5, 0.6) is 0 Å². The van der Waals surface area contributed by atoms with Crippen molar-refractivity contribution in [3.05, 3.63) is 78.2 Å². The largest absolute Gasteiger partial charge is 0.237 e. The molecule has 0 saturated carbocycles. The summed E-state index contributed by atoms with van der Waals surface area (Å²) in [6.07, 6.45) is 3.53. The zero-order valence-electron chi connectivity index (χ0n) is 24.7. The number of nitrogens with zero attached hydrogens (tertiary/aromatic N) is 3. The summed E-state index contributed by atoms with van der Waals surface area (Å²) in [6, 6.07) is 18.7. The van der Waals surface area contributed by atoms with E-state index in [1.807, 2.05) is 104 Å². The van der Waals surface area contributed by atoms with E-state index in [-0.39, 0.29) is 31.3 Å². The Hall–Kier alpha value is -1.73. The van der Waals surface area contributed by atoms with Gasteiger partial charge in [0.25, 0.3) is 0 Å². The van der Waals surface area contributed by atoms with Gasteiger partial charge in [-0.3, -0.25) is 0 Å². The summed E-state index contributed by atoms with van der Waals surface area (Å²) in [7, 11) is 0. The van der Waals surface area contributed by atoms with Crippen molar-refractivity contribution in [1.82, 2.24) is 14.8 Å². The van der Waals surface area contributed by atoms with Crippen LogP contribution in [0.15, 0.2) is 60.9 Å². The average molecular weight is 661 g/mol. The van der Waals surface area contributed by atoms with Gasteiger partial charge in [-0.05, 0) is 37.0 Å². The van der Waals surface area contributed by atoms with E-state index in [0.29, 0.717) is 0 Å². The van der Waals surface area contributed by atoms with Crippen LogP contribution in [0.2, 0.25) is 0 Å². The maximum absolute atomic E-state index is 4.18. The minimum Gasteiger partial charge on any atom is -0.237 e. The molecule has 0 atom stereocenters. The van der Waals surface area contributed by atoms with Crippen molar-refractivity contribution < 1.29 is 23.9 Å². The second-order valence-corrected chi connectivity index (χ2v) is 7.58. The zero-order valence-corrected chi connectivity index (χ0v) is 27.6. The summed E-state index contributed by atoms with van der Waals surface area (Å²) in [5, 5.41) is 4.14. The van der Waals surface area contributed by atoms with Gasteiger partial charge in [0.1, 0.15) is 0 Å². The number of rotatable bonds is 1. The molecule has 0 aliphatic rings. The van der Waals surface area contributed by atoms with Gasteiger partial charge < -0.3 is 0 Å². The zero-order chi connectivity index (χ0) is 26.7. The van der Waals surface area contributed by atoms with E-state index in [2.05, 4.69) is 57.7 Å². The fourth-order valence-corrected chi connectivity index (χ4v) is 1.57. The third-order valence-corrected chi connectivity index (χ3v) is 2.56. The average Bonchev–Trinajstić information content (AvgIpc) is 3.25. The molecule has 0 amide bonds. The van der Waals surface area contributed by atoms with Gasteiger partial charge >= 0.3 is 0 Å². The van der Waals surface area contributed by atoms with Crippen LogP contribution in [-0.2, 0) is 21.1 Å². The van der Waals surface area contributed by atoms with E-state index < -0.39 is 0 Å². The standard InChI is InChI=1S/C9H9N3.C7H7.2C4H10.3C2H6.CH4.W.2H2/c1-8-5-7-11-12(8)9-4-2-3-6-10-9;1-7-5-3-2-4-6-7;2*1-4(2)3;3*1-2;;;;/h2-7H,1H3;2-5H,1H3;2*4H,1-3H3;3*1-2H3;1H4;;2*1H/q;-1;;;;;;;;;. The fourth-order valence-electron chi connectivity index (χ4n) is 1.57. The Morgan fingerprint density at radius 3 is 1.43 bits per heavy atom. The molecule has 3 aromatic rings. The maximum atomic E-state index is 4.18. The third kappa shape index (κ3) is 37.0. The summed E-state index contributed by atoms with van der Waals surface area (Å²) >= 11 is 0. The summed E-state index contributed by atoms with van der Waals surface area (Å²) in [6.45, 7) is 29.0. The molecular weight excluding hydrogens is 598 g/mol. The van der Waals surface area contributed by atoms with Gasteiger partial charge in [0, 0.05) is 42.0 Å². The van der Waals surface area contributed by atoms with Gasteiger partial charge in [-0.2, -0.15) is 41.0 Å². The molecule has 3 rings (SSSR count). The molecule has 4 heteroatoms. The number of hydrogen-bond acceptors (Lipinski definition) is 2. The molecule has 3 nitrogen and oxygen atoms in total. The minimum atomic E-state index is 0. The van der Waals surface area contributed by atoms with Gasteiger partial charge in [-0.1, -0.05) is 104 Å². The van der Waals surface area contributed by atoms with Crippen LogP contribution in [0, 0.1) is 31.7 Å². The van der Waals surface area contributed by atoms with Crippen molar-refractivity contribution >= 4 is 0 Å². The van der Waals surface area contributed by atoms with Crippen LogP contribution in [0.1, 0.15) is 105 Å². The van der Waals surface area contributed by atoms with E-state index >= 15 is 0 Å². The number of aromatic nitrogens is 3. The molecule has 0 aliphatic carbocycles. The van der Waals surface area contributed by atoms with Crippen LogP contribution in [0.3, 0.4) is 0 Å². The van der Waals surface area contributed by atoms with Gasteiger partial charge in [0.15, 0.2) is 5.82 Å². The number of pyridine rings is 1. The first-order chi connectivity index (χ1) is 15.7. The van der Waals surface area contributed by atoms with E-state index in [4.69, 9.17) is 0 Å². The van der Waals surface area contributed by atoms with Crippen molar-refractivity contribution in [3.8, 4) is 5.82 Å². The molecule has 0 saturated heterocycles. The molecule has 0 radical (unpaired) electrons. The fraction of sp³-hybridized carbons (Fsp3) is 0.548. The van der Waals surface area contributed by atoms with E-state index in [9.17, 15) is 0 Å². The molecule has 0 unspecified atom stereocenters. The Morgan fingerprint density at radius 2 is 1.17 bits per heavy atom. The van der Waals surface area contributed by atoms with Gasteiger partial charge in [-0.25, -0.2) is 9.67 Å². The second-order valence-electron chi connectivity index (χ2n) is 7.58. The maximum Gasteiger partial charge on any atom is 0.153 e. The molecule has 0 N–H and O–H groups in total. The quantitative estimate of drug-likeness (QED) is 0.243. The number of hydrogen-bond donors (Lipinski definition) is 0. The van der Waals surface area contributed by atoms with Gasteiger partial charge in [-0.15, -0.1) is 0 Å². The minimum absolute atomic E-state index is 0. The Kier molecular flexibility index (Phi) is 49.0. The third-order valence-electron chi connectivity index (χ3n) is 2.56. The number of benzene rings is 1. The van der Waals surface area contributed by atoms with E-state index in [0.717, 1.165) is 23.3 Å². The van der Waals surface area contributed by atoms with Crippen LogP contribution < -0.4 is 0 Å². The first kappa shape index (κ1) is 46.6. The normalized spacial score (nSPS) is 7.77. The molecule has 208 valence electrons. The van der Waals surface area contributed by atoms with Crippen molar-refractivity contribution in [1.29, 1.82) is 0 Å². The smallest absolute Gasteiger partial charge is 0.153 e. The Balaban J connectivity index is -0.0000000493. The molecule has 0 bridgehead atoms. The molecule has 0 spiro atoms. The van der Waals surface area contributed by atoms with Crippen LogP contribution >= 0.6 is 0 Å². The molecule has 2 aromatic heterocycles. The Bertz CT molecular complexity index is 693. The molecule has 1 aromatic carbocycles. The Morgan fingerprint density at radius 1 is 0.714 bits per heavy atom. The second kappa shape index (κ2) is 36.8. The summed E-state index contributed by atoms with van der Waals surface area (Å²) < 4.78 is 1.81. The van der Waals surface area contributed by atoms with Crippen molar-refractivity contribution in [2.24, 2.45) is 11.8 Å². The van der Waals surface area contributed by atoms with Crippen LogP contribution in [0.4, 0.5) is 0 Å². The molecule has 0 aliphatic heterocycles. The van der Waals surface area contributed by atoms with E-state index in [1.54, 1.807) is 17.1 Å². The van der Waals surface area contributed by atoms with Gasteiger partial charge in [0.2, 0.25) is 0 Å². The van der Waals surface area contributed by atoms with Crippen LogP contribution in [-0.4, -0.2) is 14.8 Å². The predicted octanol–water partition coefficient (Wildman–Crippen LogP) is 10.9. The summed E-state index contributed by atoms with van der Waals surface area (Å²) in [4.78, 5) is 4.18. The van der Waals surface area contributed by atoms with Crippen molar-refractivity contribution in [3.63, 3.8) is 0 Å². The predicted molar refractivity (Wildman–Crippen MR) is 162 cm³/mol. The number of aryl methyl sites for hydroxylation is 2. The summed E-state index contributed by atoms with van der Waals surface area (Å²) in [5.74, 6) is 2.53. The molecule has 2 heterocycles. The Labute approximate surface area is 238 Å². The van der Waals surface area contributed by atoms with Crippen LogP contribution in [0.25, 0.3) is 5.82 Å². The molecular formula is C31H62N3W-. The summed E-state index contributed by atoms with van der Waals surface area (Å²) in [5.41, 5.74) is 2.29.